The Morgan fingerprint density at radius 1 is 1.29 bits per heavy atom. The van der Waals surface area contributed by atoms with Crippen molar-refractivity contribution < 1.29 is 28.5 Å². The fourth-order valence-electron chi connectivity index (χ4n) is 4.64. The number of quaternary nitrogens is 1. The van der Waals surface area contributed by atoms with Crippen LogP contribution in [0.4, 0.5) is 0 Å². The van der Waals surface area contributed by atoms with Crippen molar-refractivity contribution in [3.05, 3.63) is 33.8 Å². The maximum atomic E-state index is 12.7. The smallest absolute Gasteiger partial charge is 0.548 e. The molecule has 0 radical (unpaired) electrons. The predicted molar refractivity (Wildman–Crippen MR) is 118 cm³/mol. The van der Waals surface area contributed by atoms with Crippen molar-refractivity contribution >= 4 is 47.7 Å². The minimum Gasteiger partial charge on any atom is -0.609 e. The van der Waals surface area contributed by atoms with E-state index in [1.807, 2.05) is 27.7 Å². The lowest BCUT2D eigenvalue weighted by molar-refractivity contribution is -0.831. The van der Waals surface area contributed by atoms with Crippen LogP contribution in [0.25, 0.3) is 0 Å². The third kappa shape index (κ3) is 4.84. The predicted octanol–water partition coefficient (Wildman–Crippen LogP) is 0.981. The van der Waals surface area contributed by atoms with Gasteiger partial charge in [-0.2, -0.15) is 0 Å². The van der Waals surface area contributed by atoms with E-state index in [0.29, 0.717) is 18.1 Å². The summed E-state index contributed by atoms with van der Waals surface area (Å²) in [7, 11) is 0. The van der Waals surface area contributed by atoms with Gasteiger partial charge in [0.05, 0.1) is 29.8 Å². The van der Waals surface area contributed by atoms with Gasteiger partial charge >= 0.3 is 12.7 Å². The summed E-state index contributed by atoms with van der Waals surface area (Å²) in [6.45, 7) is 5.95. The van der Waals surface area contributed by atoms with Crippen molar-refractivity contribution in [1.82, 2.24) is 10.6 Å². The molecule has 0 spiro atoms. The van der Waals surface area contributed by atoms with E-state index in [-0.39, 0.29) is 41.1 Å². The monoisotopic (exact) mass is 471 g/mol. The Morgan fingerprint density at radius 3 is 2.68 bits per heavy atom. The fraction of sp³-hybridized carbons (Fsp3) is 0.550. The summed E-state index contributed by atoms with van der Waals surface area (Å²) in [6.07, 6.45) is 0.566. The zero-order chi connectivity index (χ0) is 22.9. The average Bonchev–Trinajstić information content (AvgIpc) is 3.16. The Balaban J connectivity index is 1.71. The Labute approximate surface area is 191 Å². The van der Waals surface area contributed by atoms with Gasteiger partial charge in [-0.1, -0.05) is 43.5 Å². The third-order valence-electron chi connectivity index (χ3n) is 5.96. The first-order chi connectivity index (χ1) is 14.5. The van der Waals surface area contributed by atoms with Gasteiger partial charge in [0.2, 0.25) is 5.91 Å². The number of rotatable bonds is 7. The van der Waals surface area contributed by atoms with Gasteiger partial charge in [-0.25, -0.2) is 4.79 Å². The summed E-state index contributed by atoms with van der Waals surface area (Å²) in [4.78, 5) is 38.4. The lowest BCUT2D eigenvalue weighted by atomic mass is 9.59. The molecule has 3 N–H and O–H groups in total. The minimum atomic E-state index is -2.09. The molecule has 0 aromatic heterocycles. The molecular weight excluding hydrogens is 444 g/mol. The zero-order valence-corrected chi connectivity index (χ0v) is 19.5. The molecule has 5 atom stereocenters. The standard InChI is InChI=1S/C20H28BCl2N3O5/c1-11(2)7-17(21-26(12(3)10-30-21)13(4)20(29)31-21)25-18(27)9-24-19(28)15-8-14(22)5-6-16(15)23/h5-6,8,11-13,17,26H,7,9-10H2,1-4H3,(H,24,28)(H,25,27)/t12-,13+,17+,21?/m1/s1. The number of amides is 2. The van der Waals surface area contributed by atoms with E-state index in [9.17, 15) is 14.4 Å². The first-order valence-corrected chi connectivity index (χ1v) is 11.2. The van der Waals surface area contributed by atoms with Crippen LogP contribution in [0.5, 0.6) is 0 Å². The number of carbonyl (C=O) groups is 3. The van der Waals surface area contributed by atoms with E-state index in [1.165, 1.54) is 12.1 Å². The molecule has 8 nitrogen and oxygen atoms in total. The maximum Gasteiger partial charge on any atom is 0.548 e. The van der Waals surface area contributed by atoms with Gasteiger partial charge in [-0.05, 0) is 38.0 Å². The van der Waals surface area contributed by atoms with Crippen LogP contribution in [-0.2, 0) is 18.9 Å². The second-order valence-electron chi connectivity index (χ2n) is 8.77. The highest BCUT2D eigenvalue weighted by Gasteiger charge is 2.64. The molecular formula is C20H28BCl2N3O5. The molecule has 1 aromatic rings. The third-order valence-corrected chi connectivity index (χ3v) is 6.52. The number of hydrogen-bond donors (Lipinski definition) is 3. The molecule has 0 saturated carbocycles. The molecule has 2 fully saturated rings. The van der Waals surface area contributed by atoms with Crippen LogP contribution in [0, 0.1) is 5.92 Å². The maximum absolute atomic E-state index is 12.7. The van der Waals surface area contributed by atoms with E-state index in [0.717, 1.165) is 4.81 Å². The number of hydrogen-bond acceptors (Lipinski definition) is 5. The van der Waals surface area contributed by atoms with E-state index in [4.69, 9.17) is 32.5 Å². The van der Waals surface area contributed by atoms with Gasteiger partial charge in [0.25, 0.3) is 5.91 Å². The van der Waals surface area contributed by atoms with Gasteiger partial charge in [-0.15, -0.1) is 0 Å². The molecule has 0 bridgehead atoms. The first kappa shape index (κ1) is 23.8. The number of fused-ring (bicyclic) bond motifs is 1. The summed E-state index contributed by atoms with van der Waals surface area (Å²) in [5.41, 5.74) is 0.186. The van der Waals surface area contributed by atoms with E-state index >= 15 is 0 Å². The lowest BCUT2D eigenvalue weighted by Gasteiger charge is -2.40. The van der Waals surface area contributed by atoms with Crippen molar-refractivity contribution in [1.29, 1.82) is 0 Å². The topological polar surface area (TPSA) is 98.2 Å². The van der Waals surface area contributed by atoms with Crippen LogP contribution >= 0.6 is 23.2 Å². The summed E-state index contributed by atoms with van der Waals surface area (Å²) in [6, 6.07) is 4.23. The highest BCUT2D eigenvalue weighted by molar-refractivity contribution is 6.64. The molecule has 3 rings (SSSR count). The van der Waals surface area contributed by atoms with Crippen molar-refractivity contribution in [2.24, 2.45) is 5.92 Å². The summed E-state index contributed by atoms with van der Waals surface area (Å²) in [5, 5.41) is 6.10. The van der Waals surface area contributed by atoms with E-state index in [2.05, 4.69) is 10.6 Å². The van der Waals surface area contributed by atoms with Gasteiger partial charge in [0, 0.05) is 11.0 Å². The Bertz CT molecular complexity index is 886. The quantitative estimate of drug-likeness (QED) is 0.515. The van der Waals surface area contributed by atoms with Gasteiger partial charge < -0.3 is 24.8 Å². The largest absolute Gasteiger partial charge is 0.609 e. The number of benzene rings is 1. The fourth-order valence-corrected chi connectivity index (χ4v) is 5.01. The van der Waals surface area contributed by atoms with Crippen molar-refractivity contribution in [3.8, 4) is 0 Å². The lowest BCUT2D eigenvalue weighted by Crippen LogP contribution is -3.26. The molecule has 31 heavy (non-hydrogen) atoms. The van der Waals surface area contributed by atoms with Gasteiger partial charge in [0.15, 0.2) is 0 Å². The molecule has 11 heteroatoms. The molecule has 2 unspecified atom stereocenters. The second-order valence-corrected chi connectivity index (χ2v) is 9.62. The van der Waals surface area contributed by atoms with Crippen LogP contribution in [0.15, 0.2) is 18.2 Å². The summed E-state index contributed by atoms with van der Waals surface area (Å²) >= 11 is 12.0. The summed E-state index contributed by atoms with van der Waals surface area (Å²) < 4.78 is 11.8. The molecule has 1 aromatic carbocycles. The highest BCUT2D eigenvalue weighted by Crippen LogP contribution is 2.24. The zero-order valence-electron chi connectivity index (χ0n) is 18.0. The normalized spacial score (nSPS) is 28.2. The van der Waals surface area contributed by atoms with Crippen LogP contribution in [0.3, 0.4) is 0 Å². The van der Waals surface area contributed by atoms with Gasteiger partial charge in [0.1, 0.15) is 6.04 Å². The Hall–Kier alpha value is -1.81. The summed E-state index contributed by atoms with van der Waals surface area (Å²) in [5.74, 6) is -1.53. The molecule has 0 aliphatic carbocycles. The molecule has 2 saturated heterocycles. The number of halogens is 2. The van der Waals surface area contributed by atoms with Crippen molar-refractivity contribution in [2.45, 2.75) is 52.1 Å². The van der Waals surface area contributed by atoms with Crippen LogP contribution < -0.4 is 15.4 Å². The molecule has 2 heterocycles. The molecule has 2 aliphatic rings. The average molecular weight is 472 g/mol. The molecule has 170 valence electrons. The second kappa shape index (κ2) is 9.36. The van der Waals surface area contributed by atoms with Crippen molar-refractivity contribution in [2.75, 3.05) is 13.2 Å². The first-order valence-electron chi connectivity index (χ1n) is 10.5. The van der Waals surface area contributed by atoms with Crippen LogP contribution in [0.1, 0.15) is 44.5 Å². The Morgan fingerprint density at radius 2 is 2.00 bits per heavy atom. The Kier molecular flexibility index (Phi) is 7.20. The molecule has 2 amide bonds. The SMILES string of the molecule is CC(C)C[C@H](NC(=O)CNC(=O)c1cc(Cl)ccc1Cl)[B-]12OC[C@@H](C)[NH+]1[C@@H](C)C(=O)O2. The number of nitrogens with one attached hydrogen (secondary N) is 3. The minimum absolute atomic E-state index is 0.0673. The highest BCUT2D eigenvalue weighted by atomic mass is 35.5. The number of carbonyl (C=O) groups excluding carboxylic acids is 3. The van der Waals surface area contributed by atoms with Crippen molar-refractivity contribution in [3.63, 3.8) is 0 Å². The van der Waals surface area contributed by atoms with E-state index < -0.39 is 24.4 Å². The van der Waals surface area contributed by atoms with E-state index in [1.54, 1.807) is 6.07 Å². The van der Waals surface area contributed by atoms with Crippen LogP contribution in [0.2, 0.25) is 10.0 Å². The van der Waals surface area contributed by atoms with Crippen LogP contribution in [-0.4, -0.2) is 55.6 Å². The van der Waals surface area contributed by atoms with Gasteiger partial charge in [-0.3, -0.25) is 9.59 Å². The molecule has 2 aliphatic heterocycles.